The number of carbonyl (C=O) groups excluding carboxylic acids is 1. The molecule has 2 rings (SSSR count). The van der Waals surface area contributed by atoms with Gasteiger partial charge >= 0.3 is 6.09 Å². The topological polar surface area (TPSA) is 59.6 Å². The smallest absolute Gasteiger partial charge is 0.407 e. The van der Waals surface area contributed by atoms with E-state index in [1.54, 1.807) is 0 Å². The third-order valence-electron chi connectivity index (χ3n) is 2.81. The molecule has 2 aliphatic heterocycles. The minimum absolute atomic E-state index is 0.0774. The predicted molar refractivity (Wildman–Crippen MR) is 54.7 cm³/mol. The molecule has 15 heavy (non-hydrogen) atoms. The fourth-order valence-electron chi connectivity index (χ4n) is 1.91. The lowest BCUT2D eigenvalue weighted by atomic mass is 10.1. The van der Waals surface area contributed by atoms with Crippen molar-refractivity contribution in [1.29, 1.82) is 0 Å². The average molecular weight is 214 g/mol. The molecule has 0 aromatic heterocycles. The van der Waals surface area contributed by atoms with Gasteiger partial charge in [-0.05, 0) is 32.4 Å². The van der Waals surface area contributed by atoms with Gasteiger partial charge in [-0.15, -0.1) is 0 Å². The molecule has 0 aromatic rings. The Morgan fingerprint density at radius 2 is 2.13 bits per heavy atom. The average Bonchev–Trinajstić information content (AvgIpc) is 2.71. The van der Waals surface area contributed by atoms with Crippen LogP contribution < -0.4 is 10.6 Å². The fraction of sp³-hybridized carbons (Fsp3) is 0.900. The molecule has 1 unspecified atom stereocenters. The standard InChI is InChI=1S/C10H18N2O3/c13-10(12-8-3-6-14-7-8)15-9-1-4-11-5-2-9/h8-9,11H,1-7H2,(H,12,13). The molecule has 1 atom stereocenters. The van der Waals surface area contributed by atoms with E-state index in [0.717, 1.165) is 39.0 Å². The Labute approximate surface area is 89.5 Å². The summed E-state index contributed by atoms with van der Waals surface area (Å²) in [5.41, 5.74) is 0. The normalized spacial score (nSPS) is 27.6. The number of ether oxygens (including phenoxy) is 2. The Morgan fingerprint density at radius 1 is 1.33 bits per heavy atom. The fourth-order valence-corrected chi connectivity index (χ4v) is 1.91. The quantitative estimate of drug-likeness (QED) is 0.692. The van der Waals surface area contributed by atoms with Crippen molar-refractivity contribution in [3.8, 4) is 0 Å². The first kappa shape index (κ1) is 10.7. The lowest BCUT2D eigenvalue weighted by molar-refractivity contribution is 0.0760. The number of rotatable bonds is 2. The van der Waals surface area contributed by atoms with Gasteiger partial charge in [0.05, 0.1) is 12.6 Å². The van der Waals surface area contributed by atoms with Crippen LogP contribution in [0.4, 0.5) is 4.79 Å². The minimum Gasteiger partial charge on any atom is -0.446 e. The number of carbonyl (C=O) groups is 1. The van der Waals surface area contributed by atoms with Gasteiger partial charge < -0.3 is 20.1 Å². The number of hydrogen-bond acceptors (Lipinski definition) is 4. The van der Waals surface area contributed by atoms with Crippen LogP contribution in [0.3, 0.4) is 0 Å². The zero-order valence-electron chi connectivity index (χ0n) is 8.83. The first-order chi connectivity index (χ1) is 7.34. The molecule has 0 aromatic carbocycles. The summed E-state index contributed by atoms with van der Waals surface area (Å²) in [6.07, 6.45) is 2.50. The zero-order valence-corrected chi connectivity index (χ0v) is 8.83. The maximum atomic E-state index is 11.5. The van der Waals surface area contributed by atoms with Crippen LogP contribution in [0.2, 0.25) is 0 Å². The molecule has 86 valence electrons. The number of hydrogen-bond donors (Lipinski definition) is 2. The second-order valence-corrected chi connectivity index (χ2v) is 4.06. The molecule has 1 amide bonds. The highest BCUT2D eigenvalue weighted by atomic mass is 16.6. The molecule has 2 heterocycles. The van der Waals surface area contributed by atoms with Crippen molar-refractivity contribution in [3.05, 3.63) is 0 Å². The van der Waals surface area contributed by atoms with E-state index in [9.17, 15) is 4.79 Å². The van der Waals surface area contributed by atoms with Crippen molar-refractivity contribution in [2.75, 3.05) is 26.3 Å². The Kier molecular flexibility index (Phi) is 3.80. The molecule has 5 nitrogen and oxygen atoms in total. The number of nitrogens with one attached hydrogen (secondary N) is 2. The molecule has 2 N–H and O–H groups in total. The molecule has 0 aliphatic carbocycles. The van der Waals surface area contributed by atoms with E-state index >= 15 is 0 Å². The number of piperidine rings is 1. The van der Waals surface area contributed by atoms with Gasteiger partial charge in [-0.2, -0.15) is 0 Å². The van der Waals surface area contributed by atoms with Crippen molar-refractivity contribution >= 4 is 6.09 Å². The van der Waals surface area contributed by atoms with Crippen LogP contribution >= 0.6 is 0 Å². The van der Waals surface area contributed by atoms with Crippen molar-refractivity contribution < 1.29 is 14.3 Å². The molecule has 0 radical (unpaired) electrons. The zero-order chi connectivity index (χ0) is 10.5. The third-order valence-corrected chi connectivity index (χ3v) is 2.81. The molecular weight excluding hydrogens is 196 g/mol. The van der Waals surface area contributed by atoms with Crippen LogP contribution in [0.1, 0.15) is 19.3 Å². The second kappa shape index (κ2) is 5.32. The summed E-state index contributed by atoms with van der Waals surface area (Å²) in [6.45, 7) is 3.22. The van der Waals surface area contributed by atoms with Crippen molar-refractivity contribution in [2.45, 2.75) is 31.4 Å². The second-order valence-electron chi connectivity index (χ2n) is 4.06. The van der Waals surface area contributed by atoms with Crippen LogP contribution in [-0.2, 0) is 9.47 Å². The summed E-state index contributed by atoms with van der Waals surface area (Å²) in [5.74, 6) is 0. The molecule has 5 heteroatoms. The molecule has 0 bridgehead atoms. The minimum atomic E-state index is -0.294. The largest absolute Gasteiger partial charge is 0.446 e. The lowest BCUT2D eigenvalue weighted by Crippen LogP contribution is -2.40. The Balaban J connectivity index is 1.66. The van der Waals surface area contributed by atoms with E-state index in [4.69, 9.17) is 9.47 Å². The summed E-state index contributed by atoms with van der Waals surface area (Å²) in [5, 5.41) is 6.05. The first-order valence-electron chi connectivity index (χ1n) is 5.60. The third kappa shape index (κ3) is 3.35. The molecule has 2 saturated heterocycles. The van der Waals surface area contributed by atoms with E-state index in [0.29, 0.717) is 6.61 Å². The molecule has 0 spiro atoms. The summed E-state index contributed by atoms with van der Waals surface area (Å²) >= 11 is 0. The van der Waals surface area contributed by atoms with Gasteiger partial charge in [0.1, 0.15) is 6.10 Å². The molecule has 2 fully saturated rings. The van der Waals surface area contributed by atoms with Crippen LogP contribution in [0.25, 0.3) is 0 Å². The Hall–Kier alpha value is -0.810. The highest BCUT2D eigenvalue weighted by Gasteiger charge is 2.21. The summed E-state index contributed by atoms with van der Waals surface area (Å²) in [7, 11) is 0. The van der Waals surface area contributed by atoms with E-state index in [2.05, 4.69) is 10.6 Å². The van der Waals surface area contributed by atoms with Crippen LogP contribution in [0.15, 0.2) is 0 Å². The van der Waals surface area contributed by atoms with Gasteiger partial charge in [0.25, 0.3) is 0 Å². The van der Waals surface area contributed by atoms with E-state index in [-0.39, 0.29) is 18.2 Å². The number of amides is 1. The van der Waals surface area contributed by atoms with Crippen molar-refractivity contribution in [1.82, 2.24) is 10.6 Å². The maximum Gasteiger partial charge on any atom is 0.407 e. The van der Waals surface area contributed by atoms with Gasteiger partial charge in [0.15, 0.2) is 0 Å². The maximum absolute atomic E-state index is 11.5. The molecular formula is C10H18N2O3. The molecule has 0 saturated carbocycles. The Morgan fingerprint density at radius 3 is 2.80 bits per heavy atom. The predicted octanol–water partition coefficient (Wildman–Crippen LogP) is 0.253. The van der Waals surface area contributed by atoms with Crippen LogP contribution in [0, 0.1) is 0 Å². The molecule has 2 aliphatic rings. The summed E-state index contributed by atoms with van der Waals surface area (Å²) in [6, 6.07) is 0.138. The van der Waals surface area contributed by atoms with Crippen LogP contribution in [-0.4, -0.2) is 44.5 Å². The van der Waals surface area contributed by atoms with Gasteiger partial charge in [0, 0.05) is 6.61 Å². The monoisotopic (exact) mass is 214 g/mol. The summed E-state index contributed by atoms with van der Waals surface area (Å²) in [4.78, 5) is 11.5. The van der Waals surface area contributed by atoms with Crippen molar-refractivity contribution in [2.24, 2.45) is 0 Å². The lowest BCUT2D eigenvalue weighted by Gasteiger charge is -2.23. The van der Waals surface area contributed by atoms with E-state index in [1.165, 1.54) is 0 Å². The first-order valence-corrected chi connectivity index (χ1v) is 5.60. The highest BCUT2D eigenvalue weighted by Crippen LogP contribution is 2.08. The van der Waals surface area contributed by atoms with Crippen LogP contribution in [0.5, 0.6) is 0 Å². The Bertz CT molecular complexity index is 211. The van der Waals surface area contributed by atoms with Gasteiger partial charge in [-0.1, -0.05) is 0 Å². The van der Waals surface area contributed by atoms with E-state index in [1.807, 2.05) is 0 Å². The number of alkyl carbamates (subject to hydrolysis) is 1. The van der Waals surface area contributed by atoms with Gasteiger partial charge in [0.2, 0.25) is 0 Å². The van der Waals surface area contributed by atoms with E-state index < -0.39 is 0 Å². The van der Waals surface area contributed by atoms with Gasteiger partial charge in [-0.25, -0.2) is 4.79 Å². The SMILES string of the molecule is O=C(NC1CCOC1)OC1CCNCC1. The summed E-state index contributed by atoms with van der Waals surface area (Å²) < 4.78 is 10.5. The highest BCUT2D eigenvalue weighted by molar-refractivity contribution is 5.67. The van der Waals surface area contributed by atoms with Gasteiger partial charge in [-0.3, -0.25) is 0 Å². The van der Waals surface area contributed by atoms with Crippen molar-refractivity contribution in [3.63, 3.8) is 0 Å².